The summed E-state index contributed by atoms with van der Waals surface area (Å²) < 4.78 is 0. The molecule has 6 aliphatic rings. The van der Waals surface area contributed by atoms with Gasteiger partial charge in [-0.2, -0.15) is 0 Å². The first kappa shape index (κ1) is 34.0. The fraction of sp³-hybridized carbons (Fsp3) is 0.667. The summed E-state index contributed by atoms with van der Waals surface area (Å²) in [4.78, 5) is 35.3. The van der Waals surface area contributed by atoms with E-state index in [1.165, 1.54) is 51.6 Å². The number of primary amides is 2. The molecule has 4 bridgehead atoms. The normalized spacial score (nSPS) is 32.1. The molecule has 8 rings (SSSR count). The Morgan fingerprint density at radius 1 is 0.620 bits per heavy atom. The second-order valence-corrected chi connectivity index (χ2v) is 16.7. The number of carbonyl (C=O) groups is 2. The lowest BCUT2D eigenvalue weighted by atomic mass is 9.82. The van der Waals surface area contributed by atoms with Gasteiger partial charge in [0.25, 0.3) is 0 Å². The fourth-order valence-electron chi connectivity index (χ4n) is 11.8. The molecular formula is C42H60N6O2. The highest BCUT2D eigenvalue weighted by Crippen LogP contribution is 2.54. The summed E-state index contributed by atoms with van der Waals surface area (Å²) in [6.45, 7) is 4.94. The van der Waals surface area contributed by atoms with E-state index in [1.807, 2.05) is 9.80 Å². The van der Waals surface area contributed by atoms with Gasteiger partial charge in [0, 0.05) is 42.8 Å². The number of fused-ring (bicyclic) bond motifs is 10. The first-order valence-electron chi connectivity index (χ1n) is 20.2. The number of urea groups is 2. The molecule has 0 radical (unpaired) electrons. The third-order valence-corrected chi connectivity index (χ3v) is 14.3. The lowest BCUT2D eigenvalue weighted by molar-refractivity contribution is 0.0774. The summed E-state index contributed by atoms with van der Waals surface area (Å²) in [6, 6.07) is 20.0. The Hall–Kier alpha value is -3.10. The van der Waals surface area contributed by atoms with Gasteiger partial charge in [0.05, 0.1) is 6.04 Å². The van der Waals surface area contributed by atoms with Gasteiger partial charge in [0.15, 0.2) is 0 Å². The summed E-state index contributed by atoms with van der Waals surface area (Å²) in [7, 11) is 0. The van der Waals surface area contributed by atoms with Crippen molar-refractivity contribution in [2.45, 2.75) is 146 Å². The molecule has 8 nitrogen and oxygen atoms in total. The van der Waals surface area contributed by atoms with Crippen LogP contribution in [0.2, 0.25) is 0 Å². The maximum Gasteiger partial charge on any atom is 0.315 e. The highest BCUT2D eigenvalue weighted by atomic mass is 16.2. The number of benzene rings is 2. The molecule has 2 aliphatic carbocycles. The topological polar surface area (TPSA) is 99.1 Å². The Kier molecular flexibility index (Phi) is 9.86. The second-order valence-electron chi connectivity index (χ2n) is 16.7. The largest absolute Gasteiger partial charge is 0.351 e. The standard InChI is InChI=1S/C42H60N6O2/c1-2-30(48(42(44)50)32-17-13-29(14-18-32)24-26-46-39-21-22-40(46)36-10-6-5-9-35(36)39)27-47(41(43)49)31-15-11-28(12-16-31)23-25-45-37-19-20-38(45)34-8-4-3-7-33(34)37/h3-10,28-32,37-40H,2,11-27H2,1H3,(H2,43,49)(H2,44,50)/t28?,29?,30?,31?,32?,37-,38+,39-,40+. The number of amides is 4. The lowest BCUT2D eigenvalue weighted by Crippen LogP contribution is -2.57. The van der Waals surface area contributed by atoms with Crippen molar-refractivity contribution in [1.29, 1.82) is 0 Å². The molecule has 5 atom stereocenters. The van der Waals surface area contributed by atoms with E-state index in [0.29, 0.717) is 42.5 Å². The zero-order valence-corrected chi connectivity index (χ0v) is 30.3. The summed E-state index contributed by atoms with van der Waals surface area (Å²) in [5.41, 5.74) is 18.4. The molecule has 270 valence electrons. The van der Waals surface area contributed by atoms with Crippen LogP contribution in [-0.4, -0.2) is 69.4 Å². The molecule has 0 spiro atoms. The first-order chi connectivity index (χ1) is 24.4. The minimum absolute atomic E-state index is 0.106. The van der Waals surface area contributed by atoms with E-state index >= 15 is 0 Å². The van der Waals surface area contributed by atoms with E-state index in [0.717, 1.165) is 57.8 Å². The molecule has 2 saturated carbocycles. The average Bonchev–Trinajstić information content (AvgIpc) is 3.90. The van der Waals surface area contributed by atoms with E-state index in [1.54, 1.807) is 22.3 Å². The van der Waals surface area contributed by atoms with Crippen LogP contribution in [-0.2, 0) is 0 Å². The summed E-state index contributed by atoms with van der Waals surface area (Å²) in [5, 5.41) is 0. The van der Waals surface area contributed by atoms with Crippen molar-refractivity contribution in [2.24, 2.45) is 23.3 Å². The molecule has 4 heterocycles. The molecule has 4 aliphatic heterocycles. The van der Waals surface area contributed by atoms with Crippen LogP contribution in [0.25, 0.3) is 0 Å². The highest BCUT2D eigenvalue weighted by Gasteiger charge is 2.45. The van der Waals surface area contributed by atoms with Gasteiger partial charge >= 0.3 is 12.1 Å². The van der Waals surface area contributed by atoms with Crippen LogP contribution in [0.1, 0.15) is 150 Å². The van der Waals surface area contributed by atoms with E-state index in [4.69, 9.17) is 11.5 Å². The van der Waals surface area contributed by atoms with Crippen LogP contribution in [0.3, 0.4) is 0 Å². The zero-order valence-electron chi connectivity index (χ0n) is 30.3. The molecule has 4 amide bonds. The van der Waals surface area contributed by atoms with Crippen molar-refractivity contribution in [1.82, 2.24) is 19.6 Å². The maximum atomic E-state index is 13.0. The SMILES string of the molecule is CCC(CN(C(N)=O)C1CCC(CCN2[C@@H]3CC[C@H]2c2ccccc23)CC1)N(C(N)=O)C1CCC(CCN2[C@@H]3CC[C@H]2c2ccccc23)CC1. The predicted octanol–water partition coefficient (Wildman–Crippen LogP) is 8.21. The molecule has 50 heavy (non-hydrogen) atoms. The number of hydrogen-bond acceptors (Lipinski definition) is 4. The van der Waals surface area contributed by atoms with Gasteiger partial charge in [0.1, 0.15) is 0 Å². The van der Waals surface area contributed by atoms with Gasteiger partial charge in [0.2, 0.25) is 0 Å². The van der Waals surface area contributed by atoms with Crippen molar-refractivity contribution in [2.75, 3.05) is 19.6 Å². The molecule has 2 aromatic carbocycles. The smallest absolute Gasteiger partial charge is 0.315 e. The molecule has 2 aromatic rings. The van der Waals surface area contributed by atoms with Crippen molar-refractivity contribution < 1.29 is 9.59 Å². The Labute approximate surface area is 299 Å². The summed E-state index contributed by atoms with van der Waals surface area (Å²) in [5.74, 6) is 1.39. The summed E-state index contributed by atoms with van der Waals surface area (Å²) >= 11 is 0. The van der Waals surface area contributed by atoms with Gasteiger partial charge in [-0.3, -0.25) is 9.80 Å². The van der Waals surface area contributed by atoms with Crippen LogP contribution in [0.5, 0.6) is 0 Å². The third kappa shape index (κ3) is 6.33. The van der Waals surface area contributed by atoms with E-state index < -0.39 is 0 Å². The first-order valence-corrected chi connectivity index (χ1v) is 20.2. The zero-order chi connectivity index (χ0) is 34.4. The fourth-order valence-corrected chi connectivity index (χ4v) is 11.8. The predicted molar refractivity (Wildman–Crippen MR) is 198 cm³/mol. The molecule has 4 N–H and O–H groups in total. The number of hydrogen-bond donors (Lipinski definition) is 2. The van der Waals surface area contributed by atoms with Crippen LogP contribution in [0, 0.1) is 11.8 Å². The number of nitrogens with zero attached hydrogens (tertiary/aromatic N) is 4. The van der Waals surface area contributed by atoms with E-state index in [2.05, 4.69) is 65.3 Å². The minimum atomic E-state index is -0.357. The number of carbonyl (C=O) groups excluding carboxylic acids is 2. The quantitative estimate of drug-likeness (QED) is 0.236. The highest BCUT2D eigenvalue weighted by molar-refractivity contribution is 5.74. The second kappa shape index (κ2) is 14.5. The van der Waals surface area contributed by atoms with Crippen molar-refractivity contribution in [3.05, 3.63) is 70.8 Å². The van der Waals surface area contributed by atoms with E-state index in [9.17, 15) is 9.59 Å². The third-order valence-electron chi connectivity index (χ3n) is 14.3. The number of rotatable bonds is 12. The van der Waals surface area contributed by atoms with E-state index in [-0.39, 0.29) is 30.2 Å². The van der Waals surface area contributed by atoms with Gasteiger partial charge in [-0.1, -0.05) is 55.5 Å². The Bertz CT molecular complexity index is 1450. The Morgan fingerprint density at radius 3 is 1.38 bits per heavy atom. The monoisotopic (exact) mass is 680 g/mol. The molecule has 0 aromatic heterocycles. The van der Waals surface area contributed by atoms with Crippen LogP contribution < -0.4 is 11.5 Å². The Balaban J connectivity index is 0.814. The summed E-state index contributed by atoms with van der Waals surface area (Å²) in [6.07, 6.45) is 16.9. The van der Waals surface area contributed by atoms with Crippen molar-refractivity contribution in [3.8, 4) is 0 Å². The molecule has 1 unspecified atom stereocenters. The van der Waals surface area contributed by atoms with Crippen LogP contribution >= 0.6 is 0 Å². The molecular weight excluding hydrogens is 621 g/mol. The lowest BCUT2D eigenvalue weighted by Gasteiger charge is -2.44. The van der Waals surface area contributed by atoms with Gasteiger partial charge < -0.3 is 21.3 Å². The maximum absolute atomic E-state index is 13.0. The molecule has 4 fully saturated rings. The molecule has 8 heteroatoms. The van der Waals surface area contributed by atoms with Crippen molar-refractivity contribution >= 4 is 12.1 Å². The number of nitrogens with two attached hydrogens (primary N) is 2. The van der Waals surface area contributed by atoms with Crippen LogP contribution in [0.15, 0.2) is 48.5 Å². The van der Waals surface area contributed by atoms with Gasteiger partial charge in [-0.25, -0.2) is 9.59 Å². The Morgan fingerprint density at radius 2 is 1.02 bits per heavy atom. The van der Waals surface area contributed by atoms with Gasteiger partial charge in [-0.15, -0.1) is 0 Å². The minimum Gasteiger partial charge on any atom is -0.351 e. The average molecular weight is 681 g/mol. The van der Waals surface area contributed by atoms with Crippen LogP contribution in [0.4, 0.5) is 9.59 Å². The van der Waals surface area contributed by atoms with Crippen molar-refractivity contribution in [3.63, 3.8) is 0 Å². The van der Waals surface area contributed by atoms with Gasteiger partial charge in [-0.05, 0) is 143 Å². The molecule has 2 saturated heterocycles.